The van der Waals surface area contributed by atoms with E-state index < -0.39 is 0 Å². The molecule has 4 nitrogen and oxygen atoms in total. The van der Waals surface area contributed by atoms with Gasteiger partial charge in [0.15, 0.2) is 0 Å². The second-order valence-electron chi connectivity index (χ2n) is 8.66. The van der Waals surface area contributed by atoms with Crippen molar-refractivity contribution in [1.29, 1.82) is 0 Å². The van der Waals surface area contributed by atoms with Gasteiger partial charge in [-0.1, -0.05) is 35.9 Å². The van der Waals surface area contributed by atoms with Crippen LogP contribution in [0.15, 0.2) is 48.5 Å². The van der Waals surface area contributed by atoms with Gasteiger partial charge in [-0.2, -0.15) is 0 Å². The van der Waals surface area contributed by atoms with E-state index in [0.717, 1.165) is 51.7 Å². The van der Waals surface area contributed by atoms with Gasteiger partial charge in [0.25, 0.3) is 5.91 Å². The van der Waals surface area contributed by atoms with Crippen LogP contribution in [0.25, 0.3) is 0 Å². The standard InChI is InChI=1S/C26H35ClN2O2/c1-3-29(26(31)23-9-13-24(27)14-10-23)25-15-11-22(12-16-25)21-7-5-20(6-8-21)19-28(2)17-4-18-30/h5-10,13-14,22,25,30H,3-4,11-12,15-19H2,1-2H3/t22-,25-. The van der Waals surface area contributed by atoms with Gasteiger partial charge in [0.2, 0.25) is 0 Å². The Kier molecular flexibility index (Phi) is 8.94. The molecule has 1 aliphatic carbocycles. The highest BCUT2D eigenvalue weighted by Crippen LogP contribution is 2.35. The normalized spacial score (nSPS) is 18.9. The number of aliphatic hydroxyl groups excluding tert-OH is 1. The Balaban J connectivity index is 1.54. The summed E-state index contributed by atoms with van der Waals surface area (Å²) in [6.45, 7) is 4.86. The molecule has 168 valence electrons. The summed E-state index contributed by atoms with van der Waals surface area (Å²) in [5, 5.41) is 9.63. The van der Waals surface area contributed by atoms with Gasteiger partial charge < -0.3 is 14.9 Å². The van der Waals surface area contributed by atoms with E-state index in [1.807, 2.05) is 17.0 Å². The molecule has 0 unspecified atom stereocenters. The Bertz CT molecular complexity index is 814. The zero-order valence-electron chi connectivity index (χ0n) is 18.8. The lowest BCUT2D eigenvalue weighted by Crippen LogP contribution is -2.42. The SMILES string of the molecule is CCN(C(=O)c1ccc(Cl)cc1)[C@H]1CC[C@H](c2ccc(CN(C)CCCO)cc2)CC1. The molecule has 1 saturated carbocycles. The first-order valence-electron chi connectivity index (χ1n) is 11.5. The lowest BCUT2D eigenvalue weighted by atomic mass is 9.81. The fraction of sp³-hybridized carbons (Fsp3) is 0.500. The molecule has 0 atom stereocenters. The van der Waals surface area contributed by atoms with Crippen molar-refractivity contribution in [1.82, 2.24) is 9.80 Å². The van der Waals surface area contributed by atoms with Crippen molar-refractivity contribution in [2.45, 2.75) is 57.5 Å². The average molecular weight is 443 g/mol. The summed E-state index contributed by atoms with van der Waals surface area (Å²) < 4.78 is 0. The molecule has 3 rings (SSSR count). The monoisotopic (exact) mass is 442 g/mol. The zero-order chi connectivity index (χ0) is 22.2. The van der Waals surface area contributed by atoms with Gasteiger partial charge in [-0.15, -0.1) is 0 Å². The number of rotatable bonds is 9. The number of hydrogen-bond acceptors (Lipinski definition) is 3. The molecule has 0 saturated heterocycles. The summed E-state index contributed by atoms with van der Waals surface area (Å²) >= 11 is 5.97. The third-order valence-electron chi connectivity index (χ3n) is 6.43. The van der Waals surface area contributed by atoms with Gasteiger partial charge >= 0.3 is 0 Å². The van der Waals surface area contributed by atoms with E-state index >= 15 is 0 Å². The highest BCUT2D eigenvalue weighted by Gasteiger charge is 2.29. The number of halogens is 1. The third kappa shape index (κ3) is 6.55. The van der Waals surface area contributed by atoms with Crippen LogP contribution in [-0.4, -0.2) is 53.6 Å². The average Bonchev–Trinajstić information content (AvgIpc) is 2.79. The van der Waals surface area contributed by atoms with Crippen LogP contribution in [0.4, 0.5) is 0 Å². The van der Waals surface area contributed by atoms with Gasteiger partial charge in [-0.3, -0.25) is 4.79 Å². The molecule has 31 heavy (non-hydrogen) atoms. The topological polar surface area (TPSA) is 43.8 Å². The van der Waals surface area contributed by atoms with Crippen molar-refractivity contribution >= 4 is 17.5 Å². The Morgan fingerprint density at radius 3 is 2.26 bits per heavy atom. The molecule has 0 heterocycles. The molecule has 1 aliphatic rings. The van der Waals surface area contributed by atoms with Crippen LogP contribution in [0.5, 0.6) is 0 Å². The van der Waals surface area contributed by atoms with Crippen LogP contribution in [-0.2, 0) is 6.54 Å². The fourth-order valence-electron chi connectivity index (χ4n) is 4.67. The molecule has 1 fully saturated rings. The number of hydrogen-bond donors (Lipinski definition) is 1. The first kappa shape index (κ1) is 23.8. The fourth-order valence-corrected chi connectivity index (χ4v) is 4.80. The highest BCUT2D eigenvalue weighted by atomic mass is 35.5. The summed E-state index contributed by atoms with van der Waals surface area (Å²) in [6, 6.07) is 16.5. The maximum absolute atomic E-state index is 13.0. The number of nitrogens with zero attached hydrogens (tertiary/aromatic N) is 2. The van der Waals surface area contributed by atoms with Gasteiger partial charge in [0.1, 0.15) is 0 Å². The first-order valence-corrected chi connectivity index (χ1v) is 11.8. The van der Waals surface area contributed by atoms with E-state index in [2.05, 4.69) is 43.1 Å². The third-order valence-corrected chi connectivity index (χ3v) is 6.68. The van der Waals surface area contributed by atoms with Crippen LogP contribution in [0.1, 0.15) is 66.4 Å². The minimum absolute atomic E-state index is 0.109. The Morgan fingerprint density at radius 1 is 1.03 bits per heavy atom. The Hall–Kier alpha value is -1.88. The smallest absolute Gasteiger partial charge is 0.254 e. The molecule has 1 N–H and O–H groups in total. The maximum Gasteiger partial charge on any atom is 0.254 e. The lowest BCUT2D eigenvalue weighted by molar-refractivity contribution is 0.0640. The summed E-state index contributed by atoms with van der Waals surface area (Å²) in [7, 11) is 2.09. The predicted octanol–water partition coefficient (Wildman–Crippen LogP) is 5.34. The predicted molar refractivity (Wildman–Crippen MR) is 128 cm³/mol. The molecule has 0 aromatic heterocycles. The minimum atomic E-state index is 0.109. The van der Waals surface area contributed by atoms with Crippen molar-refractivity contribution in [2.24, 2.45) is 0 Å². The molecular weight excluding hydrogens is 408 g/mol. The number of benzene rings is 2. The molecule has 5 heteroatoms. The van der Waals surface area contributed by atoms with Crippen molar-refractivity contribution in [3.05, 3.63) is 70.2 Å². The minimum Gasteiger partial charge on any atom is -0.396 e. The zero-order valence-corrected chi connectivity index (χ0v) is 19.5. The van der Waals surface area contributed by atoms with E-state index in [1.165, 1.54) is 11.1 Å². The van der Waals surface area contributed by atoms with Crippen LogP contribution >= 0.6 is 11.6 Å². The van der Waals surface area contributed by atoms with Crippen molar-refractivity contribution in [3.8, 4) is 0 Å². The van der Waals surface area contributed by atoms with Gasteiger partial charge in [0.05, 0.1) is 0 Å². The van der Waals surface area contributed by atoms with Gasteiger partial charge in [-0.25, -0.2) is 0 Å². The van der Waals surface area contributed by atoms with E-state index in [1.54, 1.807) is 12.1 Å². The lowest BCUT2D eigenvalue weighted by Gasteiger charge is -2.36. The summed E-state index contributed by atoms with van der Waals surface area (Å²) in [5.41, 5.74) is 3.43. The molecule has 1 amide bonds. The van der Waals surface area contributed by atoms with Gasteiger partial charge in [-0.05, 0) is 87.4 Å². The molecule has 2 aromatic rings. The van der Waals surface area contributed by atoms with E-state index in [0.29, 0.717) is 22.5 Å². The van der Waals surface area contributed by atoms with Crippen LogP contribution in [0, 0.1) is 0 Å². The number of carbonyl (C=O) groups excluding carboxylic acids is 1. The summed E-state index contributed by atoms with van der Waals surface area (Å²) in [4.78, 5) is 17.3. The number of carbonyl (C=O) groups is 1. The van der Waals surface area contributed by atoms with Crippen LogP contribution in [0.2, 0.25) is 5.02 Å². The molecule has 0 bridgehead atoms. The van der Waals surface area contributed by atoms with Crippen molar-refractivity contribution < 1.29 is 9.90 Å². The first-order chi connectivity index (χ1) is 15.0. The van der Waals surface area contributed by atoms with Crippen molar-refractivity contribution in [3.63, 3.8) is 0 Å². The van der Waals surface area contributed by atoms with E-state index in [-0.39, 0.29) is 12.5 Å². The van der Waals surface area contributed by atoms with E-state index in [9.17, 15) is 4.79 Å². The largest absolute Gasteiger partial charge is 0.396 e. The van der Waals surface area contributed by atoms with Crippen LogP contribution in [0.3, 0.4) is 0 Å². The second kappa shape index (κ2) is 11.7. The molecule has 0 spiro atoms. The Morgan fingerprint density at radius 2 is 1.68 bits per heavy atom. The molecule has 2 aromatic carbocycles. The summed E-state index contributed by atoms with van der Waals surface area (Å²) in [6.07, 6.45) is 5.13. The highest BCUT2D eigenvalue weighted by molar-refractivity contribution is 6.30. The summed E-state index contributed by atoms with van der Waals surface area (Å²) in [5.74, 6) is 0.680. The Labute approximate surface area is 191 Å². The van der Waals surface area contributed by atoms with E-state index in [4.69, 9.17) is 16.7 Å². The van der Waals surface area contributed by atoms with Gasteiger partial charge in [0, 0.05) is 42.9 Å². The molecular formula is C26H35ClN2O2. The second-order valence-corrected chi connectivity index (χ2v) is 9.10. The maximum atomic E-state index is 13.0. The van der Waals surface area contributed by atoms with Crippen molar-refractivity contribution in [2.75, 3.05) is 26.7 Å². The quantitative estimate of drug-likeness (QED) is 0.569. The number of amides is 1. The van der Waals surface area contributed by atoms with Crippen LogP contribution < -0.4 is 0 Å². The molecule has 0 radical (unpaired) electrons. The number of aliphatic hydroxyl groups is 1. The molecule has 0 aliphatic heterocycles.